The molecule has 1 spiro atoms. The Kier molecular flexibility index (Phi) is 8.11. The van der Waals surface area contributed by atoms with Crippen molar-refractivity contribution in [2.24, 2.45) is 0 Å². The Bertz CT molecular complexity index is 3690. The van der Waals surface area contributed by atoms with Crippen molar-refractivity contribution in [3.8, 4) is 34.4 Å². The standard InChI is InChI=1S/C59H34N6O/c60-33-37-15-19-40(20-16-37)64(44-9-5-29-62-35-44)42-23-25-46-47-26-24-43(65(45-10-6-30-63-36-45)41-21-17-38(34-61)18-22-41)32-54(47)59(53(46)31-42)51-13-4-8-39-7-3-12-50(56(39)51)57-52(59)28-27-49-48-11-1-2-14-55(48)66-58(49)57/h1-32,35-36H. The topological polar surface area (TPSA) is 93.0 Å². The highest BCUT2D eigenvalue weighted by molar-refractivity contribution is 6.17. The van der Waals surface area contributed by atoms with E-state index in [9.17, 15) is 10.5 Å². The highest BCUT2D eigenvalue weighted by Crippen LogP contribution is 2.64. The van der Waals surface area contributed by atoms with Crippen LogP contribution in [-0.2, 0) is 5.41 Å². The van der Waals surface area contributed by atoms with Crippen LogP contribution in [0.4, 0.5) is 34.1 Å². The monoisotopic (exact) mass is 842 g/mol. The predicted molar refractivity (Wildman–Crippen MR) is 262 cm³/mol. The summed E-state index contributed by atoms with van der Waals surface area (Å²) in [5.74, 6) is 0. The fraction of sp³-hybridized carbons (Fsp3) is 0.0169. The van der Waals surface area contributed by atoms with Crippen LogP contribution in [0.15, 0.2) is 211 Å². The van der Waals surface area contributed by atoms with Crippen molar-refractivity contribution < 1.29 is 4.42 Å². The minimum Gasteiger partial charge on any atom is -0.455 e. The van der Waals surface area contributed by atoms with E-state index in [1.165, 1.54) is 10.9 Å². The van der Waals surface area contributed by atoms with E-state index in [2.05, 4.69) is 147 Å². The maximum absolute atomic E-state index is 9.76. The summed E-state index contributed by atoms with van der Waals surface area (Å²) in [6.45, 7) is 0. The molecule has 13 rings (SSSR count). The van der Waals surface area contributed by atoms with Gasteiger partial charge in [-0.25, -0.2) is 0 Å². The van der Waals surface area contributed by atoms with Crippen molar-refractivity contribution in [2.45, 2.75) is 5.41 Å². The number of anilines is 6. The summed E-state index contributed by atoms with van der Waals surface area (Å²) in [7, 11) is 0. The molecular formula is C59H34N6O. The number of fused-ring (bicyclic) bond motifs is 13. The number of benzene rings is 8. The molecule has 0 aliphatic heterocycles. The normalized spacial score (nSPS) is 12.6. The van der Waals surface area contributed by atoms with Crippen LogP contribution in [0.1, 0.15) is 33.4 Å². The summed E-state index contributed by atoms with van der Waals surface area (Å²) in [4.78, 5) is 13.6. The van der Waals surface area contributed by atoms with Gasteiger partial charge in [0, 0.05) is 51.5 Å². The fourth-order valence-electron chi connectivity index (χ4n) is 10.8. The first-order valence-electron chi connectivity index (χ1n) is 21.8. The second-order valence-electron chi connectivity index (χ2n) is 16.8. The second kappa shape index (κ2) is 14.4. The number of rotatable bonds is 6. The third-order valence-corrected chi connectivity index (χ3v) is 13.5. The van der Waals surface area contributed by atoms with E-state index in [1.54, 1.807) is 12.4 Å². The maximum atomic E-state index is 9.76. The number of hydrogen-bond acceptors (Lipinski definition) is 7. The van der Waals surface area contributed by atoms with Crippen LogP contribution in [-0.4, -0.2) is 9.97 Å². The zero-order chi connectivity index (χ0) is 43.9. The molecule has 0 atom stereocenters. The molecule has 8 aromatic carbocycles. The van der Waals surface area contributed by atoms with Crippen molar-refractivity contribution in [2.75, 3.05) is 9.80 Å². The van der Waals surface area contributed by atoms with Crippen molar-refractivity contribution in [3.63, 3.8) is 0 Å². The molecule has 0 radical (unpaired) electrons. The number of pyridine rings is 2. The van der Waals surface area contributed by atoms with Crippen LogP contribution in [0.5, 0.6) is 0 Å². The van der Waals surface area contributed by atoms with Gasteiger partial charge in [-0.15, -0.1) is 0 Å². The zero-order valence-electron chi connectivity index (χ0n) is 35.2. The summed E-state index contributed by atoms with van der Waals surface area (Å²) in [6, 6.07) is 67.9. The molecule has 3 aromatic heterocycles. The quantitative estimate of drug-likeness (QED) is 0.165. The second-order valence-corrected chi connectivity index (χ2v) is 16.8. The minimum absolute atomic E-state index is 0.591. The van der Waals surface area contributed by atoms with Crippen molar-refractivity contribution >= 4 is 66.8 Å². The van der Waals surface area contributed by atoms with Gasteiger partial charge in [-0.05, 0) is 153 Å². The van der Waals surface area contributed by atoms with Crippen LogP contribution in [0, 0.1) is 22.7 Å². The lowest BCUT2D eigenvalue weighted by Crippen LogP contribution is -2.32. The van der Waals surface area contributed by atoms with Crippen LogP contribution in [0.3, 0.4) is 0 Å². The first kappa shape index (κ1) is 37.3. The molecule has 11 aromatic rings. The first-order chi connectivity index (χ1) is 32.6. The van der Waals surface area contributed by atoms with Gasteiger partial charge in [-0.3, -0.25) is 9.97 Å². The molecule has 0 fully saturated rings. The fourth-order valence-corrected chi connectivity index (χ4v) is 10.8. The number of aromatic nitrogens is 2. The van der Waals surface area contributed by atoms with Crippen LogP contribution < -0.4 is 9.80 Å². The van der Waals surface area contributed by atoms with Gasteiger partial charge < -0.3 is 14.2 Å². The molecule has 0 saturated heterocycles. The number of para-hydroxylation sites is 1. The van der Waals surface area contributed by atoms with Gasteiger partial charge >= 0.3 is 0 Å². The summed E-state index contributed by atoms with van der Waals surface area (Å²) < 4.78 is 6.99. The zero-order valence-corrected chi connectivity index (χ0v) is 35.2. The van der Waals surface area contributed by atoms with Gasteiger partial charge in [-0.1, -0.05) is 78.9 Å². The number of hydrogen-bond donors (Lipinski definition) is 0. The maximum Gasteiger partial charge on any atom is 0.143 e. The molecule has 0 saturated carbocycles. The average molecular weight is 843 g/mol. The Morgan fingerprint density at radius 1 is 0.439 bits per heavy atom. The van der Waals surface area contributed by atoms with Gasteiger partial charge in [0.1, 0.15) is 11.2 Å². The summed E-state index contributed by atoms with van der Waals surface area (Å²) >= 11 is 0. The number of nitriles is 2. The SMILES string of the molecule is N#Cc1ccc(N(c2cccnc2)c2ccc3c(c2)C2(c4cc(N(c5ccc(C#N)cc5)c5cccnc5)ccc4-3)c3ccc4c(oc5ccccc54)c3-c3cccc4cccc2c34)cc1. The van der Waals surface area contributed by atoms with Crippen LogP contribution in [0.25, 0.3) is 55.0 Å². The molecule has 66 heavy (non-hydrogen) atoms. The molecule has 0 unspecified atom stereocenters. The highest BCUT2D eigenvalue weighted by atomic mass is 16.3. The summed E-state index contributed by atoms with van der Waals surface area (Å²) in [5, 5.41) is 24.0. The molecule has 0 amide bonds. The van der Waals surface area contributed by atoms with E-state index >= 15 is 0 Å². The van der Waals surface area contributed by atoms with E-state index in [1.807, 2.05) is 79.1 Å². The average Bonchev–Trinajstić information content (AvgIpc) is 3.90. The Labute approximate surface area is 379 Å². The van der Waals surface area contributed by atoms with Gasteiger partial charge in [0.2, 0.25) is 0 Å². The van der Waals surface area contributed by atoms with Gasteiger partial charge in [0.15, 0.2) is 0 Å². The Morgan fingerprint density at radius 2 is 1.02 bits per heavy atom. The van der Waals surface area contributed by atoms with E-state index in [0.29, 0.717) is 11.1 Å². The Morgan fingerprint density at radius 3 is 1.59 bits per heavy atom. The highest BCUT2D eigenvalue weighted by Gasteiger charge is 2.51. The summed E-state index contributed by atoms with van der Waals surface area (Å²) in [5.41, 5.74) is 16.6. The molecule has 7 nitrogen and oxygen atoms in total. The van der Waals surface area contributed by atoms with Crippen LogP contribution in [0.2, 0.25) is 0 Å². The third kappa shape index (κ3) is 5.29. The molecule has 2 aliphatic carbocycles. The molecular weight excluding hydrogens is 809 g/mol. The molecule has 3 heterocycles. The number of furan rings is 1. The van der Waals surface area contributed by atoms with Gasteiger partial charge in [-0.2, -0.15) is 10.5 Å². The molecule has 0 N–H and O–H groups in total. The Hall–Kier alpha value is -9.30. The molecule has 0 bridgehead atoms. The van der Waals surface area contributed by atoms with E-state index < -0.39 is 5.41 Å². The van der Waals surface area contributed by atoms with Crippen LogP contribution >= 0.6 is 0 Å². The lowest BCUT2D eigenvalue weighted by molar-refractivity contribution is 0.667. The minimum atomic E-state index is -0.844. The van der Waals surface area contributed by atoms with Crippen molar-refractivity contribution in [1.29, 1.82) is 10.5 Å². The van der Waals surface area contributed by atoms with Gasteiger partial charge in [0.25, 0.3) is 0 Å². The molecule has 7 heteroatoms. The number of nitrogens with zero attached hydrogens (tertiary/aromatic N) is 6. The van der Waals surface area contributed by atoms with Crippen molar-refractivity contribution in [1.82, 2.24) is 9.97 Å². The Balaban J connectivity index is 1.16. The summed E-state index contributed by atoms with van der Waals surface area (Å²) in [6.07, 6.45) is 7.33. The van der Waals surface area contributed by atoms with E-state index in [4.69, 9.17) is 4.42 Å². The van der Waals surface area contributed by atoms with Crippen molar-refractivity contribution in [3.05, 3.63) is 240 Å². The largest absolute Gasteiger partial charge is 0.455 e. The lowest BCUT2D eigenvalue weighted by atomic mass is 9.61. The predicted octanol–water partition coefficient (Wildman–Crippen LogP) is 14.6. The van der Waals surface area contributed by atoms with Gasteiger partial charge in [0.05, 0.1) is 52.4 Å². The molecule has 306 valence electrons. The van der Waals surface area contributed by atoms with E-state index in [-0.39, 0.29) is 0 Å². The van der Waals surface area contributed by atoms with E-state index in [0.717, 1.165) is 100 Å². The smallest absolute Gasteiger partial charge is 0.143 e. The third-order valence-electron chi connectivity index (χ3n) is 13.5. The molecule has 2 aliphatic rings. The lowest BCUT2D eigenvalue weighted by Gasteiger charge is -2.40. The first-order valence-corrected chi connectivity index (χ1v) is 21.8.